The van der Waals surface area contributed by atoms with Crippen molar-refractivity contribution >= 4 is 45.2 Å². The average molecular weight is 437 g/mol. The van der Waals surface area contributed by atoms with Crippen molar-refractivity contribution in [2.24, 2.45) is 0 Å². The van der Waals surface area contributed by atoms with Gasteiger partial charge >= 0.3 is 6.03 Å². The molecule has 1 aliphatic rings. The quantitative estimate of drug-likeness (QED) is 0.704. The summed E-state index contributed by atoms with van der Waals surface area (Å²) in [6.45, 7) is 3.66. The van der Waals surface area contributed by atoms with Crippen LogP contribution in [0.15, 0.2) is 23.1 Å². The molecule has 0 aromatic heterocycles. The van der Waals surface area contributed by atoms with Gasteiger partial charge in [-0.05, 0) is 24.6 Å². The summed E-state index contributed by atoms with van der Waals surface area (Å²) in [5.74, 6) is -0.426. The van der Waals surface area contributed by atoms with Crippen molar-refractivity contribution < 1.29 is 18.0 Å². The highest BCUT2D eigenvalue weighted by Gasteiger charge is 2.29. The lowest BCUT2D eigenvalue weighted by Crippen LogP contribution is -2.52. The Hall–Kier alpha value is -1.39. The van der Waals surface area contributed by atoms with Gasteiger partial charge in [-0.25, -0.2) is 13.2 Å². The van der Waals surface area contributed by atoms with E-state index in [9.17, 15) is 18.0 Å². The molecule has 1 aliphatic heterocycles. The Morgan fingerprint density at radius 3 is 2.37 bits per heavy atom. The van der Waals surface area contributed by atoms with E-state index in [1.54, 1.807) is 4.90 Å². The molecule has 0 unspecified atom stereocenters. The van der Waals surface area contributed by atoms with Gasteiger partial charge in [-0.15, -0.1) is 0 Å². The van der Waals surface area contributed by atoms with Crippen molar-refractivity contribution in [1.82, 2.24) is 19.8 Å². The number of rotatable bonds is 6. The van der Waals surface area contributed by atoms with Gasteiger partial charge in [-0.1, -0.05) is 30.1 Å². The number of benzene rings is 1. The first-order valence-electron chi connectivity index (χ1n) is 8.49. The number of carbonyl (C=O) groups excluding carboxylic acids is 2. The molecule has 3 amide bonds. The largest absolute Gasteiger partial charge is 0.338 e. The molecule has 1 saturated heterocycles. The number of nitrogens with one attached hydrogen (secondary N) is 2. The Labute approximate surface area is 168 Å². The number of hydrogen-bond donors (Lipinski definition) is 2. The Morgan fingerprint density at radius 2 is 1.78 bits per heavy atom. The highest BCUT2D eigenvalue weighted by molar-refractivity contribution is 7.89. The second kappa shape index (κ2) is 9.70. The Morgan fingerprint density at radius 1 is 1.11 bits per heavy atom. The molecule has 0 bridgehead atoms. The van der Waals surface area contributed by atoms with Crippen LogP contribution < -0.4 is 10.6 Å². The van der Waals surface area contributed by atoms with Crippen molar-refractivity contribution in [3.05, 3.63) is 28.2 Å². The first-order valence-corrected chi connectivity index (χ1v) is 10.7. The molecule has 0 radical (unpaired) electrons. The highest BCUT2D eigenvalue weighted by atomic mass is 35.5. The SMILES string of the molecule is CCCNC(=O)NC(=O)CN1CCN(S(=O)(=O)c2ccc(Cl)c(Cl)c2)CC1. The smallest absolute Gasteiger partial charge is 0.321 e. The van der Waals surface area contributed by atoms with Gasteiger partial charge in [-0.3, -0.25) is 15.0 Å². The zero-order valence-electron chi connectivity index (χ0n) is 14.9. The third kappa shape index (κ3) is 6.05. The summed E-state index contributed by atoms with van der Waals surface area (Å²) in [6.07, 6.45) is 0.775. The molecular formula is C16H22Cl2N4O4S. The topological polar surface area (TPSA) is 98.8 Å². The number of imide groups is 1. The van der Waals surface area contributed by atoms with Crippen LogP contribution in [0.1, 0.15) is 13.3 Å². The minimum Gasteiger partial charge on any atom is -0.338 e. The number of piperazine rings is 1. The van der Waals surface area contributed by atoms with Crippen molar-refractivity contribution in [2.45, 2.75) is 18.2 Å². The fraction of sp³-hybridized carbons (Fsp3) is 0.500. The molecule has 1 heterocycles. The third-order valence-electron chi connectivity index (χ3n) is 4.02. The molecule has 8 nitrogen and oxygen atoms in total. The van der Waals surface area contributed by atoms with Gasteiger partial charge in [0.2, 0.25) is 15.9 Å². The summed E-state index contributed by atoms with van der Waals surface area (Å²) in [5.41, 5.74) is 0. The fourth-order valence-electron chi connectivity index (χ4n) is 2.57. The van der Waals surface area contributed by atoms with Gasteiger partial charge in [0.1, 0.15) is 0 Å². The second-order valence-corrected chi connectivity index (χ2v) is 8.81. The van der Waals surface area contributed by atoms with Crippen LogP contribution in [0.5, 0.6) is 0 Å². The molecule has 0 aliphatic carbocycles. The van der Waals surface area contributed by atoms with Crippen LogP contribution in [-0.2, 0) is 14.8 Å². The normalized spacial score (nSPS) is 16.1. The molecule has 27 heavy (non-hydrogen) atoms. The Bertz CT molecular complexity index is 796. The first-order chi connectivity index (χ1) is 12.7. The molecule has 1 fully saturated rings. The summed E-state index contributed by atoms with van der Waals surface area (Å²) in [6, 6.07) is 3.66. The predicted molar refractivity (Wildman–Crippen MR) is 103 cm³/mol. The van der Waals surface area contributed by atoms with Crippen LogP contribution in [0.25, 0.3) is 0 Å². The number of hydrogen-bond acceptors (Lipinski definition) is 5. The molecule has 150 valence electrons. The standard InChI is InChI=1S/C16H22Cl2N4O4S/c1-2-5-19-16(24)20-15(23)11-21-6-8-22(9-7-21)27(25,26)12-3-4-13(17)14(18)10-12/h3-4,10H,2,5-9,11H2,1H3,(H2,19,20,23,24). The van der Waals surface area contributed by atoms with Crippen LogP contribution in [0.3, 0.4) is 0 Å². The predicted octanol–water partition coefficient (Wildman–Crippen LogP) is 1.54. The molecule has 11 heteroatoms. The van der Waals surface area contributed by atoms with E-state index in [0.717, 1.165) is 6.42 Å². The maximum absolute atomic E-state index is 12.7. The number of halogens is 2. The minimum absolute atomic E-state index is 0.0280. The maximum atomic E-state index is 12.7. The molecule has 1 aromatic rings. The van der Waals surface area contributed by atoms with E-state index in [1.165, 1.54) is 22.5 Å². The third-order valence-corrected chi connectivity index (χ3v) is 6.65. The molecule has 1 aromatic carbocycles. The van der Waals surface area contributed by atoms with E-state index >= 15 is 0 Å². The number of amides is 3. The summed E-state index contributed by atoms with van der Waals surface area (Å²) >= 11 is 11.7. The molecule has 0 atom stereocenters. The lowest BCUT2D eigenvalue weighted by atomic mass is 10.3. The van der Waals surface area contributed by atoms with Crippen molar-refractivity contribution in [1.29, 1.82) is 0 Å². The first kappa shape index (κ1) is 21.9. The van der Waals surface area contributed by atoms with Crippen molar-refractivity contribution in [3.63, 3.8) is 0 Å². The Kier molecular flexibility index (Phi) is 7.87. The Balaban J connectivity index is 1.88. The van der Waals surface area contributed by atoms with Crippen molar-refractivity contribution in [2.75, 3.05) is 39.3 Å². The van der Waals surface area contributed by atoms with E-state index < -0.39 is 22.0 Å². The van der Waals surface area contributed by atoms with Crippen LogP contribution in [0, 0.1) is 0 Å². The van der Waals surface area contributed by atoms with E-state index in [2.05, 4.69) is 10.6 Å². The number of urea groups is 1. The van der Waals surface area contributed by atoms with Gasteiger partial charge in [-0.2, -0.15) is 4.31 Å². The fourth-order valence-corrected chi connectivity index (χ4v) is 4.38. The molecular weight excluding hydrogens is 415 g/mol. The van der Waals surface area contributed by atoms with Gasteiger partial charge in [0, 0.05) is 32.7 Å². The molecule has 0 saturated carbocycles. The second-order valence-electron chi connectivity index (χ2n) is 6.06. The molecule has 2 rings (SSSR count). The summed E-state index contributed by atoms with van der Waals surface area (Å²) < 4.78 is 26.7. The van der Waals surface area contributed by atoms with Crippen LogP contribution >= 0.6 is 23.2 Å². The maximum Gasteiger partial charge on any atom is 0.321 e. The summed E-state index contributed by atoms with van der Waals surface area (Å²) in [7, 11) is -3.68. The zero-order chi connectivity index (χ0) is 20.0. The van der Waals surface area contributed by atoms with Gasteiger partial charge in [0.05, 0.1) is 21.5 Å². The van der Waals surface area contributed by atoms with Gasteiger partial charge in [0.15, 0.2) is 0 Å². The number of carbonyl (C=O) groups is 2. The zero-order valence-corrected chi connectivity index (χ0v) is 17.2. The van der Waals surface area contributed by atoms with Gasteiger partial charge in [0.25, 0.3) is 0 Å². The summed E-state index contributed by atoms with van der Waals surface area (Å²) in [5, 5.41) is 5.27. The van der Waals surface area contributed by atoms with Crippen LogP contribution in [0.2, 0.25) is 10.0 Å². The lowest BCUT2D eigenvalue weighted by molar-refractivity contribution is -0.121. The van der Waals surface area contributed by atoms with E-state index in [0.29, 0.717) is 19.6 Å². The highest BCUT2D eigenvalue weighted by Crippen LogP contribution is 2.26. The molecule has 0 spiro atoms. The lowest BCUT2D eigenvalue weighted by Gasteiger charge is -2.33. The van der Waals surface area contributed by atoms with E-state index in [4.69, 9.17) is 23.2 Å². The number of sulfonamides is 1. The molecule has 2 N–H and O–H groups in total. The van der Waals surface area contributed by atoms with Gasteiger partial charge < -0.3 is 5.32 Å². The van der Waals surface area contributed by atoms with E-state index in [1.807, 2.05) is 6.92 Å². The monoisotopic (exact) mass is 436 g/mol. The van der Waals surface area contributed by atoms with Crippen LogP contribution in [0.4, 0.5) is 4.79 Å². The summed E-state index contributed by atoms with van der Waals surface area (Å²) in [4.78, 5) is 25.2. The van der Waals surface area contributed by atoms with Crippen molar-refractivity contribution in [3.8, 4) is 0 Å². The van der Waals surface area contributed by atoms with Crippen LogP contribution in [-0.4, -0.2) is 68.8 Å². The van der Waals surface area contributed by atoms with E-state index in [-0.39, 0.29) is 34.6 Å². The number of nitrogens with zero attached hydrogens (tertiary/aromatic N) is 2. The average Bonchev–Trinajstić information content (AvgIpc) is 2.62. The minimum atomic E-state index is -3.68.